The van der Waals surface area contributed by atoms with Gasteiger partial charge in [0.1, 0.15) is 19.3 Å². The number of hydrogen-bond donors (Lipinski definition) is 3. The molecule has 0 aliphatic heterocycles. The lowest BCUT2D eigenvalue weighted by Crippen LogP contribution is -2.30. The maximum atomic E-state index is 13.1. The molecule has 17 nitrogen and oxygen atoms in total. The molecule has 0 bridgehead atoms. The number of hydrogen-bond acceptors (Lipinski definition) is 15. The molecule has 0 aliphatic carbocycles. The molecule has 3 N–H and O–H groups in total. The van der Waals surface area contributed by atoms with E-state index in [0.717, 1.165) is 108 Å². The van der Waals surface area contributed by atoms with Crippen molar-refractivity contribution in [1.29, 1.82) is 0 Å². The molecular weight excluding hydrogens is 1270 g/mol. The van der Waals surface area contributed by atoms with Crippen LogP contribution in [0, 0.1) is 17.8 Å². The first kappa shape index (κ1) is 95.1. The predicted molar refractivity (Wildman–Crippen MR) is 395 cm³/mol. The van der Waals surface area contributed by atoms with Crippen molar-refractivity contribution in [3.05, 3.63) is 0 Å². The van der Waals surface area contributed by atoms with Crippen LogP contribution in [0.5, 0.6) is 0 Å². The molecule has 0 aromatic heterocycles. The van der Waals surface area contributed by atoms with E-state index in [0.29, 0.717) is 31.6 Å². The molecule has 576 valence electrons. The molecule has 19 heteroatoms. The van der Waals surface area contributed by atoms with E-state index in [2.05, 4.69) is 48.5 Å². The maximum Gasteiger partial charge on any atom is 0.472 e. The van der Waals surface area contributed by atoms with E-state index in [4.69, 9.17) is 37.0 Å². The Morgan fingerprint density at radius 3 is 0.784 bits per heavy atom. The van der Waals surface area contributed by atoms with E-state index in [1.165, 1.54) is 205 Å². The van der Waals surface area contributed by atoms with Crippen LogP contribution in [-0.2, 0) is 65.4 Å². The quantitative estimate of drug-likeness (QED) is 0.0222. The number of aliphatic hydroxyl groups is 1. The van der Waals surface area contributed by atoms with Crippen molar-refractivity contribution < 1.29 is 80.2 Å². The molecule has 0 aromatic carbocycles. The smallest absolute Gasteiger partial charge is 0.462 e. The lowest BCUT2D eigenvalue weighted by atomic mass is 10.00. The summed E-state index contributed by atoms with van der Waals surface area (Å²) in [6.45, 7) is 11.8. The van der Waals surface area contributed by atoms with E-state index >= 15 is 0 Å². The lowest BCUT2D eigenvalue weighted by Gasteiger charge is -2.21. The summed E-state index contributed by atoms with van der Waals surface area (Å²) in [5.74, 6) is 0.114. The first-order valence-electron chi connectivity index (χ1n) is 40.4. The van der Waals surface area contributed by atoms with Gasteiger partial charge in [-0.1, -0.05) is 350 Å². The molecule has 0 amide bonds. The van der Waals surface area contributed by atoms with Crippen LogP contribution in [0.2, 0.25) is 0 Å². The van der Waals surface area contributed by atoms with E-state index in [9.17, 15) is 43.2 Å². The predicted octanol–water partition coefficient (Wildman–Crippen LogP) is 23.0. The van der Waals surface area contributed by atoms with Gasteiger partial charge in [0.25, 0.3) is 0 Å². The molecule has 0 aliphatic rings. The number of carbonyl (C=O) groups is 4. The number of phosphoric ester groups is 2. The first-order chi connectivity index (χ1) is 46.8. The minimum atomic E-state index is -4.96. The number of esters is 4. The van der Waals surface area contributed by atoms with Crippen molar-refractivity contribution >= 4 is 39.5 Å². The molecule has 0 rings (SSSR count). The lowest BCUT2D eigenvalue weighted by molar-refractivity contribution is -0.161. The number of carbonyl (C=O) groups excluding carboxylic acids is 4. The topological polar surface area (TPSA) is 237 Å². The SMILES string of the molecule is CCCCCCCCCCCCCCCCCCCCCC(=O)O[C@H](COC(=O)CCCCCCCCCCCCCCCCCC(C)C)COP(=O)(O)OC[C@@H](O)COP(=O)(O)OC[C@@H](COC(=O)CCCCCCCCC(C)CC)OC(=O)CCCCCCCCCC(C)C. The van der Waals surface area contributed by atoms with Crippen LogP contribution >= 0.6 is 15.6 Å². The zero-order chi connectivity index (χ0) is 71.6. The van der Waals surface area contributed by atoms with Crippen molar-refractivity contribution in [3.63, 3.8) is 0 Å². The summed E-state index contributed by atoms with van der Waals surface area (Å²) in [6, 6.07) is 0. The van der Waals surface area contributed by atoms with E-state index in [1.54, 1.807) is 0 Å². The van der Waals surface area contributed by atoms with Crippen LogP contribution in [0.1, 0.15) is 402 Å². The van der Waals surface area contributed by atoms with Gasteiger partial charge in [-0.25, -0.2) is 9.13 Å². The summed E-state index contributed by atoms with van der Waals surface area (Å²) in [6.07, 6.45) is 55.8. The average Bonchev–Trinajstić information content (AvgIpc) is 2.69. The Hall–Kier alpha value is -1.94. The van der Waals surface area contributed by atoms with Gasteiger partial charge in [0, 0.05) is 25.7 Å². The summed E-state index contributed by atoms with van der Waals surface area (Å²) >= 11 is 0. The van der Waals surface area contributed by atoms with Gasteiger partial charge in [0.05, 0.1) is 26.4 Å². The van der Waals surface area contributed by atoms with Crippen LogP contribution in [-0.4, -0.2) is 96.7 Å². The van der Waals surface area contributed by atoms with Crippen LogP contribution in [0.25, 0.3) is 0 Å². The standard InChI is InChI=1S/C78H152O17P2/c1-8-10-11-12-13-14-15-16-17-18-19-20-23-27-30-33-38-47-54-61-77(82)94-73(65-88-75(80)59-52-45-37-32-29-26-24-21-22-25-28-31-35-42-49-56-69(3)4)67-92-96(84,85)90-63-72(79)64-91-97(86,87)93-68-74(95-78(83)62-55-48-39-34-36-43-50-57-70(5)6)66-89-76(81)60-53-46-41-40-44-51-58-71(7)9-2/h69-74,79H,8-68H2,1-7H3,(H,84,85)(H,86,87)/t71?,72-,73-,74-/m1/s1. The highest BCUT2D eigenvalue weighted by molar-refractivity contribution is 7.47. The Bertz CT molecular complexity index is 1890. The van der Waals surface area contributed by atoms with Gasteiger partial charge in [-0.05, 0) is 43.4 Å². The molecule has 3 unspecified atom stereocenters. The van der Waals surface area contributed by atoms with Gasteiger partial charge in [-0.2, -0.15) is 0 Å². The summed E-state index contributed by atoms with van der Waals surface area (Å²) in [5, 5.41) is 10.6. The Morgan fingerprint density at radius 2 is 0.526 bits per heavy atom. The maximum absolute atomic E-state index is 13.1. The third-order valence-electron chi connectivity index (χ3n) is 18.5. The highest BCUT2D eigenvalue weighted by Gasteiger charge is 2.30. The molecule has 97 heavy (non-hydrogen) atoms. The highest BCUT2D eigenvalue weighted by Crippen LogP contribution is 2.45. The fourth-order valence-corrected chi connectivity index (χ4v) is 13.5. The van der Waals surface area contributed by atoms with Gasteiger partial charge in [0.2, 0.25) is 0 Å². The zero-order valence-corrected chi connectivity index (χ0v) is 65.3. The van der Waals surface area contributed by atoms with Crippen molar-refractivity contribution in [2.75, 3.05) is 39.6 Å². The summed E-state index contributed by atoms with van der Waals surface area (Å²) in [7, 11) is -9.91. The Balaban J connectivity index is 5.21. The third kappa shape index (κ3) is 70.9. The zero-order valence-electron chi connectivity index (χ0n) is 63.5. The fraction of sp³-hybridized carbons (Fsp3) is 0.949. The molecular formula is C78H152O17P2. The van der Waals surface area contributed by atoms with E-state index in [1.807, 2.05) is 0 Å². The van der Waals surface area contributed by atoms with Crippen molar-refractivity contribution in [1.82, 2.24) is 0 Å². The third-order valence-corrected chi connectivity index (χ3v) is 20.4. The second-order valence-corrected chi connectivity index (χ2v) is 32.2. The number of ether oxygens (including phenoxy) is 4. The summed E-state index contributed by atoms with van der Waals surface area (Å²) < 4.78 is 68.5. The molecule has 0 fully saturated rings. The van der Waals surface area contributed by atoms with Crippen molar-refractivity contribution in [2.45, 2.75) is 420 Å². The normalized spacial score (nSPS) is 14.3. The molecule has 0 radical (unpaired) electrons. The minimum absolute atomic E-state index is 0.103. The fourth-order valence-electron chi connectivity index (χ4n) is 11.9. The van der Waals surface area contributed by atoms with Gasteiger partial charge in [-0.3, -0.25) is 37.3 Å². The van der Waals surface area contributed by atoms with Gasteiger partial charge >= 0.3 is 39.5 Å². The van der Waals surface area contributed by atoms with E-state index < -0.39 is 97.5 Å². The van der Waals surface area contributed by atoms with Crippen LogP contribution in [0.4, 0.5) is 0 Å². The second kappa shape index (κ2) is 68.5. The Kier molecular flexibility index (Phi) is 67.1. The molecule has 6 atom stereocenters. The number of rotatable bonds is 76. The number of phosphoric acid groups is 2. The van der Waals surface area contributed by atoms with Gasteiger partial charge in [-0.15, -0.1) is 0 Å². The van der Waals surface area contributed by atoms with Crippen LogP contribution < -0.4 is 0 Å². The molecule has 0 saturated heterocycles. The monoisotopic (exact) mass is 1420 g/mol. The number of aliphatic hydroxyl groups excluding tert-OH is 1. The van der Waals surface area contributed by atoms with Crippen LogP contribution in [0.3, 0.4) is 0 Å². The number of unbranched alkanes of at least 4 members (excludes halogenated alkanes) is 43. The van der Waals surface area contributed by atoms with Crippen LogP contribution in [0.15, 0.2) is 0 Å². The van der Waals surface area contributed by atoms with E-state index in [-0.39, 0.29) is 25.7 Å². The molecule has 0 spiro atoms. The Labute approximate surface area is 594 Å². The Morgan fingerprint density at radius 1 is 0.299 bits per heavy atom. The van der Waals surface area contributed by atoms with Gasteiger partial charge in [0.15, 0.2) is 12.2 Å². The van der Waals surface area contributed by atoms with Crippen molar-refractivity contribution in [3.8, 4) is 0 Å². The van der Waals surface area contributed by atoms with Crippen molar-refractivity contribution in [2.24, 2.45) is 17.8 Å². The summed E-state index contributed by atoms with van der Waals surface area (Å²) in [5.41, 5.74) is 0. The first-order valence-corrected chi connectivity index (χ1v) is 43.4. The average molecular weight is 1420 g/mol. The van der Waals surface area contributed by atoms with Gasteiger partial charge < -0.3 is 33.8 Å². The summed E-state index contributed by atoms with van der Waals surface area (Å²) in [4.78, 5) is 72.8. The molecule has 0 saturated carbocycles. The largest absolute Gasteiger partial charge is 0.472 e. The highest BCUT2D eigenvalue weighted by atomic mass is 31.2. The second-order valence-electron chi connectivity index (χ2n) is 29.3. The minimum Gasteiger partial charge on any atom is -0.462 e. The molecule has 0 aromatic rings. The molecule has 0 heterocycles.